The Morgan fingerprint density at radius 2 is 2.15 bits per heavy atom. The largest absolute Gasteiger partial charge is 0.381 e. The van der Waals surface area contributed by atoms with Crippen molar-refractivity contribution >= 4 is 22.6 Å². The van der Waals surface area contributed by atoms with Crippen LogP contribution in [0.4, 0.5) is 0 Å². The van der Waals surface area contributed by atoms with Gasteiger partial charge in [-0.3, -0.25) is 4.98 Å². The Hall–Kier alpha value is -1.13. The maximum atomic E-state index is 6.23. The first kappa shape index (κ1) is 15.3. The van der Waals surface area contributed by atoms with Gasteiger partial charge < -0.3 is 9.30 Å². The molecule has 20 heavy (non-hydrogen) atoms. The lowest BCUT2D eigenvalue weighted by molar-refractivity contribution is 0.126. The van der Waals surface area contributed by atoms with E-state index in [2.05, 4.69) is 21.5 Å². The van der Waals surface area contributed by atoms with E-state index in [4.69, 9.17) is 16.3 Å². The molecule has 0 N–H and O–H groups in total. The third kappa shape index (κ3) is 3.70. The minimum atomic E-state index is -0.108. The number of hydrogen-bond acceptors (Lipinski definition) is 3. The second-order valence-corrected chi connectivity index (χ2v) is 5.58. The van der Waals surface area contributed by atoms with Crippen molar-refractivity contribution in [2.45, 2.75) is 45.0 Å². The molecule has 0 fully saturated rings. The van der Waals surface area contributed by atoms with Crippen molar-refractivity contribution in [2.24, 2.45) is 0 Å². The lowest BCUT2D eigenvalue weighted by Gasteiger charge is -2.10. The molecule has 0 aromatic carbocycles. The van der Waals surface area contributed by atoms with Crippen LogP contribution in [0, 0.1) is 0 Å². The quantitative estimate of drug-likeness (QED) is 0.547. The maximum Gasteiger partial charge on any atom is 0.127 e. The van der Waals surface area contributed by atoms with Gasteiger partial charge in [-0.1, -0.05) is 13.3 Å². The fourth-order valence-electron chi connectivity index (χ4n) is 2.21. The molecule has 0 radical (unpaired) electrons. The Labute approximate surface area is 125 Å². The summed E-state index contributed by atoms with van der Waals surface area (Å²) in [5, 5.41) is -0.108. The Kier molecular flexibility index (Phi) is 5.80. The fraction of sp³-hybridized carbons (Fsp3) is 0.600. The van der Waals surface area contributed by atoms with Crippen LogP contribution in [0.1, 0.15) is 44.3 Å². The van der Waals surface area contributed by atoms with E-state index in [0.29, 0.717) is 0 Å². The van der Waals surface area contributed by atoms with Gasteiger partial charge in [0, 0.05) is 26.0 Å². The molecule has 0 bridgehead atoms. The zero-order valence-corrected chi connectivity index (χ0v) is 12.9. The van der Waals surface area contributed by atoms with Crippen LogP contribution >= 0.6 is 11.6 Å². The Balaban J connectivity index is 2.02. The van der Waals surface area contributed by atoms with Crippen LogP contribution in [0.3, 0.4) is 0 Å². The van der Waals surface area contributed by atoms with Crippen LogP contribution in [0.15, 0.2) is 18.5 Å². The topological polar surface area (TPSA) is 39.9 Å². The standard InChI is InChI=1S/C15H22ClN3O/c1-3-4-9-20-10-5-8-19-14-6-7-17-11-13(14)18-15(19)12(2)16/h6-7,11-12H,3-5,8-10H2,1-2H3. The van der Waals surface area contributed by atoms with Crippen LogP contribution in [-0.2, 0) is 11.3 Å². The number of hydrogen-bond donors (Lipinski definition) is 0. The molecular weight excluding hydrogens is 274 g/mol. The van der Waals surface area contributed by atoms with Crippen molar-refractivity contribution in [3.8, 4) is 0 Å². The summed E-state index contributed by atoms with van der Waals surface area (Å²) in [6.45, 7) is 6.62. The van der Waals surface area contributed by atoms with Crippen molar-refractivity contribution < 1.29 is 4.74 Å². The number of imidazole rings is 1. The molecule has 110 valence electrons. The van der Waals surface area contributed by atoms with E-state index in [1.807, 2.05) is 13.0 Å². The number of ether oxygens (including phenoxy) is 1. The van der Waals surface area contributed by atoms with Crippen LogP contribution in [0.5, 0.6) is 0 Å². The Morgan fingerprint density at radius 1 is 1.35 bits per heavy atom. The third-order valence-electron chi connectivity index (χ3n) is 3.25. The number of halogens is 1. The number of pyridine rings is 1. The van der Waals surface area contributed by atoms with Crippen molar-refractivity contribution in [3.05, 3.63) is 24.3 Å². The molecule has 0 saturated carbocycles. The molecule has 2 aromatic rings. The molecule has 1 atom stereocenters. The summed E-state index contributed by atoms with van der Waals surface area (Å²) in [7, 11) is 0. The second kappa shape index (κ2) is 7.60. The SMILES string of the molecule is CCCCOCCCn1c(C(C)Cl)nc2cnccc21. The average Bonchev–Trinajstić information content (AvgIpc) is 2.82. The highest BCUT2D eigenvalue weighted by molar-refractivity contribution is 6.20. The highest BCUT2D eigenvalue weighted by atomic mass is 35.5. The number of unbranched alkanes of at least 4 members (excludes halogenated alkanes) is 1. The van der Waals surface area contributed by atoms with Gasteiger partial charge in [-0.15, -0.1) is 11.6 Å². The highest BCUT2D eigenvalue weighted by Gasteiger charge is 2.14. The molecule has 0 spiro atoms. The van der Waals surface area contributed by atoms with Crippen LogP contribution in [0.25, 0.3) is 11.0 Å². The number of nitrogens with zero attached hydrogens (tertiary/aromatic N) is 3. The van der Waals surface area contributed by atoms with E-state index < -0.39 is 0 Å². The number of aromatic nitrogens is 3. The summed E-state index contributed by atoms with van der Waals surface area (Å²) in [6, 6.07) is 1.99. The molecule has 2 heterocycles. The van der Waals surface area contributed by atoms with Gasteiger partial charge in [0.15, 0.2) is 0 Å². The molecule has 5 heteroatoms. The van der Waals surface area contributed by atoms with Gasteiger partial charge >= 0.3 is 0 Å². The molecular formula is C15H22ClN3O. The van der Waals surface area contributed by atoms with Crippen molar-refractivity contribution in [3.63, 3.8) is 0 Å². The van der Waals surface area contributed by atoms with Crippen LogP contribution < -0.4 is 0 Å². The van der Waals surface area contributed by atoms with Crippen molar-refractivity contribution in [1.82, 2.24) is 14.5 Å². The minimum Gasteiger partial charge on any atom is -0.381 e. The highest BCUT2D eigenvalue weighted by Crippen LogP contribution is 2.24. The van der Waals surface area contributed by atoms with E-state index in [-0.39, 0.29) is 5.38 Å². The third-order valence-corrected chi connectivity index (χ3v) is 3.44. The van der Waals surface area contributed by atoms with E-state index in [1.54, 1.807) is 12.4 Å². The summed E-state index contributed by atoms with van der Waals surface area (Å²) >= 11 is 6.23. The predicted octanol–water partition coefficient (Wildman–Crippen LogP) is 3.94. The summed E-state index contributed by atoms with van der Waals surface area (Å²) in [4.78, 5) is 8.68. The van der Waals surface area contributed by atoms with Gasteiger partial charge in [0.25, 0.3) is 0 Å². The normalized spacial score (nSPS) is 12.9. The van der Waals surface area contributed by atoms with Gasteiger partial charge in [-0.25, -0.2) is 4.98 Å². The first-order valence-corrected chi connectivity index (χ1v) is 7.69. The first-order chi connectivity index (χ1) is 9.74. The molecule has 0 saturated heterocycles. The molecule has 0 aliphatic carbocycles. The Morgan fingerprint density at radius 3 is 2.90 bits per heavy atom. The van der Waals surface area contributed by atoms with E-state index in [0.717, 1.165) is 49.5 Å². The fourth-order valence-corrected chi connectivity index (χ4v) is 2.38. The second-order valence-electron chi connectivity index (χ2n) is 4.92. The molecule has 1 unspecified atom stereocenters. The lowest BCUT2D eigenvalue weighted by Crippen LogP contribution is -2.07. The van der Waals surface area contributed by atoms with Gasteiger partial charge in [-0.2, -0.15) is 0 Å². The summed E-state index contributed by atoms with van der Waals surface area (Å²) < 4.78 is 7.78. The molecule has 4 nitrogen and oxygen atoms in total. The van der Waals surface area contributed by atoms with E-state index >= 15 is 0 Å². The lowest BCUT2D eigenvalue weighted by atomic mass is 10.3. The summed E-state index contributed by atoms with van der Waals surface area (Å²) in [5.41, 5.74) is 2.00. The minimum absolute atomic E-state index is 0.108. The van der Waals surface area contributed by atoms with Crippen molar-refractivity contribution in [2.75, 3.05) is 13.2 Å². The Bertz CT molecular complexity index is 539. The van der Waals surface area contributed by atoms with Gasteiger partial charge in [0.05, 0.1) is 17.1 Å². The molecule has 2 rings (SSSR count). The molecule has 0 amide bonds. The molecule has 2 aromatic heterocycles. The molecule has 0 aliphatic heterocycles. The van der Waals surface area contributed by atoms with Crippen molar-refractivity contribution in [1.29, 1.82) is 0 Å². The average molecular weight is 296 g/mol. The number of aryl methyl sites for hydroxylation is 1. The predicted molar refractivity (Wildman–Crippen MR) is 82.1 cm³/mol. The van der Waals surface area contributed by atoms with Crippen LogP contribution in [-0.4, -0.2) is 27.7 Å². The monoisotopic (exact) mass is 295 g/mol. The van der Waals surface area contributed by atoms with Gasteiger partial charge in [0.2, 0.25) is 0 Å². The zero-order chi connectivity index (χ0) is 14.4. The number of fused-ring (bicyclic) bond motifs is 1. The van der Waals surface area contributed by atoms with Gasteiger partial charge in [0.1, 0.15) is 11.3 Å². The summed E-state index contributed by atoms with van der Waals surface area (Å²) in [5.74, 6) is 0.906. The van der Waals surface area contributed by atoms with Gasteiger partial charge in [-0.05, 0) is 25.8 Å². The van der Waals surface area contributed by atoms with E-state index in [9.17, 15) is 0 Å². The van der Waals surface area contributed by atoms with Crippen LogP contribution in [0.2, 0.25) is 0 Å². The maximum absolute atomic E-state index is 6.23. The first-order valence-electron chi connectivity index (χ1n) is 7.26. The molecule has 0 aliphatic rings. The number of alkyl halides is 1. The smallest absolute Gasteiger partial charge is 0.127 e. The van der Waals surface area contributed by atoms with E-state index in [1.165, 1.54) is 6.42 Å². The number of rotatable bonds is 8. The summed E-state index contributed by atoms with van der Waals surface area (Å²) in [6.07, 6.45) is 6.85. The zero-order valence-electron chi connectivity index (χ0n) is 12.2.